The molecule has 25 heavy (non-hydrogen) atoms. The number of nitrogens with one attached hydrogen (secondary N) is 1. The lowest BCUT2D eigenvalue weighted by atomic mass is 10.1. The molecule has 1 aliphatic heterocycles. The molecule has 1 aliphatic rings. The van der Waals surface area contributed by atoms with Crippen molar-refractivity contribution in [3.8, 4) is 5.75 Å². The highest BCUT2D eigenvalue weighted by Gasteiger charge is 2.35. The number of anilines is 2. The molecule has 1 atom stereocenters. The largest absolute Gasteiger partial charge is 0.476 e. The molecule has 2 aromatic rings. The maximum absolute atomic E-state index is 12.5. The normalized spacial score (nSPS) is 16.8. The summed E-state index contributed by atoms with van der Waals surface area (Å²) in [6, 6.07) is 11.9. The Balaban J connectivity index is 1.89. The zero-order valence-corrected chi connectivity index (χ0v) is 15.3. The van der Waals surface area contributed by atoms with Gasteiger partial charge in [0.1, 0.15) is 5.75 Å². The first kappa shape index (κ1) is 17.6. The predicted octanol–water partition coefficient (Wildman–Crippen LogP) is 2.81. The minimum Gasteiger partial charge on any atom is -0.476 e. The Morgan fingerprint density at radius 2 is 2.04 bits per heavy atom. The molecule has 132 valence electrons. The second-order valence-corrected chi connectivity index (χ2v) is 8.21. The lowest BCUT2D eigenvalue weighted by Crippen LogP contribution is -2.48. The van der Waals surface area contributed by atoms with Crippen molar-refractivity contribution in [3.05, 3.63) is 53.1 Å². The Morgan fingerprint density at radius 3 is 2.72 bits per heavy atom. The number of sulfonamides is 1. The number of carbonyl (C=O) groups is 1. The first-order valence-corrected chi connectivity index (χ1v) is 9.78. The van der Waals surface area contributed by atoms with E-state index in [0.29, 0.717) is 22.1 Å². The molecular formula is C17H17ClN2O4S. The number of nitrogens with zero attached hydrogens (tertiary/aromatic N) is 1. The van der Waals surface area contributed by atoms with E-state index in [2.05, 4.69) is 5.32 Å². The van der Waals surface area contributed by atoms with Gasteiger partial charge in [-0.2, -0.15) is 0 Å². The summed E-state index contributed by atoms with van der Waals surface area (Å²) in [6.07, 6.45) is 0.139. The third-order valence-corrected chi connectivity index (χ3v) is 5.15. The molecule has 0 saturated heterocycles. The molecule has 0 aliphatic carbocycles. The van der Waals surface area contributed by atoms with E-state index in [-0.39, 0.29) is 6.54 Å². The molecule has 0 spiro atoms. The Hall–Kier alpha value is -2.25. The minimum absolute atomic E-state index is 0.0955. The Kier molecular flexibility index (Phi) is 4.62. The van der Waals surface area contributed by atoms with Crippen LogP contribution in [0.1, 0.15) is 5.56 Å². The summed E-state index contributed by atoms with van der Waals surface area (Å²) in [7, 11) is -3.55. The van der Waals surface area contributed by atoms with E-state index >= 15 is 0 Å². The van der Waals surface area contributed by atoms with Gasteiger partial charge in [0.2, 0.25) is 10.0 Å². The Labute approximate surface area is 151 Å². The van der Waals surface area contributed by atoms with Gasteiger partial charge in [-0.25, -0.2) is 8.42 Å². The number of hydrogen-bond donors (Lipinski definition) is 1. The van der Waals surface area contributed by atoms with E-state index in [4.69, 9.17) is 16.3 Å². The van der Waals surface area contributed by atoms with Crippen LogP contribution in [0.3, 0.4) is 0 Å². The number of amides is 1. The highest BCUT2D eigenvalue weighted by molar-refractivity contribution is 7.92. The number of benzene rings is 2. The van der Waals surface area contributed by atoms with Crippen LogP contribution in [0.15, 0.2) is 42.5 Å². The first-order valence-electron chi connectivity index (χ1n) is 7.55. The molecule has 1 heterocycles. The topological polar surface area (TPSA) is 75.7 Å². The number of hydrogen-bond acceptors (Lipinski definition) is 4. The van der Waals surface area contributed by atoms with E-state index in [0.717, 1.165) is 11.8 Å². The van der Waals surface area contributed by atoms with Crippen molar-refractivity contribution in [2.45, 2.75) is 13.0 Å². The SMILES string of the molecule is Cc1ccc2c(c1)N(S(C)(=O)=O)CC(C(=O)Nc1cccc(Cl)c1)O2. The summed E-state index contributed by atoms with van der Waals surface area (Å²) in [5.74, 6) is -0.0874. The standard InChI is InChI=1S/C17H17ClN2O4S/c1-11-6-7-15-14(8-11)20(25(2,22)23)10-16(24-15)17(21)19-13-5-3-4-12(18)9-13/h3-9,16H,10H2,1-2H3,(H,19,21). The fourth-order valence-corrected chi connectivity index (χ4v) is 3.70. The molecule has 0 fully saturated rings. The van der Waals surface area contributed by atoms with Gasteiger partial charge in [-0.05, 0) is 42.8 Å². The second kappa shape index (κ2) is 6.57. The average Bonchev–Trinajstić information content (AvgIpc) is 2.52. The summed E-state index contributed by atoms with van der Waals surface area (Å²) >= 11 is 5.91. The lowest BCUT2D eigenvalue weighted by Gasteiger charge is -2.34. The van der Waals surface area contributed by atoms with Crippen LogP contribution < -0.4 is 14.4 Å². The van der Waals surface area contributed by atoms with Crippen LogP contribution in [-0.4, -0.2) is 33.2 Å². The van der Waals surface area contributed by atoms with E-state index in [1.165, 1.54) is 4.31 Å². The minimum atomic E-state index is -3.55. The summed E-state index contributed by atoms with van der Waals surface area (Å²) in [4.78, 5) is 12.5. The van der Waals surface area contributed by atoms with Gasteiger partial charge in [-0.15, -0.1) is 0 Å². The van der Waals surface area contributed by atoms with E-state index in [9.17, 15) is 13.2 Å². The molecule has 0 aromatic heterocycles. The van der Waals surface area contributed by atoms with Gasteiger partial charge in [-0.1, -0.05) is 23.7 Å². The lowest BCUT2D eigenvalue weighted by molar-refractivity contribution is -0.122. The van der Waals surface area contributed by atoms with Gasteiger partial charge >= 0.3 is 0 Å². The number of halogens is 1. The Bertz CT molecular complexity index is 930. The van der Waals surface area contributed by atoms with Crippen molar-refractivity contribution in [2.24, 2.45) is 0 Å². The molecule has 8 heteroatoms. The van der Waals surface area contributed by atoms with Gasteiger partial charge in [0, 0.05) is 10.7 Å². The quantitative estimate of drug-likeness (QED) is 0.888. The van der Waals surface area contributed by atoms with Gasteiger partial charge in [0.05, 0.1) is 18.5 Å². The number of ether oxygens (including phenoxy) is 1. The molecule has 1 amide bonds. The zero-order valence-electron chi connectivity index (χ0n) is 13.7. The van der Waals surface area contributed by atoms with Crippen LogP contribution in [0.25, 0.3) is 0 Å². The predicted molar refractivity (Wildman–Crippen MR) is 97.9 cm³/mol. The fraction of sp³-hybridized carbons (Fsp3) is 0.235. The van der Waals surface area contributed by atoms with Crippen LogP contribution in [0.5, 0.6) is 5.75 Å². The summed E-state index contributed by atoms with van der Waals surface area (Å²) in [5.41, 5.74) is 1.86. The molecule has 6 nitrogen and oxygen atoms in total. The van der Waals surface area contributed by atoms with Crippen molar-refractivity contribution in [1.82, 2.24) is 0 Å². The molecular weight excluding hydrogens is 364 g/mol. The number of aryl methyl sites for hydroxylation is 1. The van der Waals surface area contributed by atoms with Crippen LogP contribution in [0.4, 0.5) is 11.4 Å². The van der Waals surface area contributed by atoms with E-state index < -0.39 is 22.0 Å². The van der Waals surface area contributed by atoms with Gasteiger partial charge in [0.25, 0.3) is 5.91 Å². The van der Waals surface area contributed by atoms with E-state index in [1.807, 2.05) is 6.92 Å². The van der Waals surface area contributed by atoms with Gasteiger partial charge < -0.3 is 10.1 Å². The monoisotopic (exact) mass is 380 g/mol. The zero-order chi connectivity index (χ0) is 18.2. The maximum Gasteiger partial charge on any atom is 0.267 e. The van der Waals surface area contributed by atoms with Gasteiger partial charge in [-0.3, -0.25) is 9.10 Å². The third kappa shape index (κ3) is 3.88. The number of fused-ring (bicyclic) bond motifs is 1. The van der Waals surface area contributed by atoms with Gasteiger partial charge in [0.15, 0.2) is 6.10 Å². The van der Waals surface area contributed by atoms with Crippen molar-refractivity contribution in [3.63, 3.8) is 0 Å². The van der Waals surface area contributed by atoms with Crippen LogP contribution in [0.2, 0.25) is 5.02 Å². The van der Waals surface area contributed by atoms with Crippen molar-refractivity contribution in [2.75, 3.05) is 22.4 Å². The van der Waals surface area contributed by atoms with Crippen molar-refractivity contribution < 1.29 is 17.9 Å². The molecule has 0 radical (unpaired) electrons. The molecule has 2 aromatic carbocycles. The summed E-state index contributed by atoms with van der Waals surface area (Å²) in [5, 5.41) is 3.18. The van der Waals surface area contributed by atoms with Crippen molar-refractivity contribution >= 4 is 38.9 Å². The Morgan fingerprint density at radius 1 is 1.28 bits per heavy atom. The molecule has 0 saturated carbocycles. The van der Waals surface area contributed by atoms with Crippen LogP contribution in [-0.2, 0) is 14.8 Å². The molecule has 1 N–H and O–H groups in total. The highest BCUT2D eigenvalue weighted by atomic mass is 35.5. The highest BCUT2D eigenvalue weighted by Crippen LogP contribution is 2.36. The third-order valence-electron chi connectivity index (χ3n) is 3.77. The summed E-state index contributed by atoms with van der Waals surface area (Å²) in [6.45, 7) is 1.76. The molecule has 0 bridgehead atoms. The first-order chi connectivity index (χ1) is 11.7. The van der Waals surface area contributed by atoms with E-state index in [1.54, 1.807) is 42.5 Å². The number of rotatable bonds is 3. The van der Waals surface area contributed by atoms with Crippen LogP contribution >= 0.6 is 11.6 Å². The second-order valence-electron chi connectivity index (χ2n) is 5.87. The molecule has 3 rings (SSSR count). The smallest absolute Gasteiger partial charge is 0.267 e. The van der Waals surface area contributed by atoms with Crippen LogP contribution in [0, 0.1) is 6.92 Å². The molecule has 1 unspecified atom stereocenters. The fourth-order valence-electron chi connectivity index (χ4n) is 2.60. The number of carbonyl (C=O) groups excluding carboxylic acids is 1. The average molecular weight is 381 g/mol. The maximum atomic E-state index is 12.5. The summed E-state index contributed by atoms with van der Waals surface area (Å²) < 4.78 is 31.2. The van der Waals surface area contributed by atoms with Crippen molar-refractivity contribution in [1.29, 1.82) is 0 Å².